The van der Waals surface area contributed by atoms with E-state index < -0.39 is 27.3 Å². The van der Waals surface area contributed by atoms with Crippen molar-refractivity contribution in [2.75, 3.05) is 35.0 Å². The lowest BCUT2D eigenvalue weighted by atomic mass is 9.58. The summed E-state index contributed by atoms with van der Waals surface area (Å²) in [5.74, 6) is 1.60. The fourth-order valence-corrected chi connectivity index (χ4v) is 8.32. The summed E-state index contributed by atoms with van der Waals surface area (Å²) < 4.78 is 58.8. The van der Waals surface area contributed by atoms with E-state index in [1.807, 2.05) is 49.4 Å². The van der Waals surface area contributed by atoms with E-state index in [0.29, 0.717) is 29.9 Å². The summed E-state index contributed by atoms with van der Waals surface area (Å²) in [5, 5.41) is 0. The summed E-state index contributed by atoms with van der Waals surface area (Å²) in [6.07, 6.45) is 2.46. The van der Waals surface area contributed by atoms with E-state index in [0.717, 1.165) is 28.0 Å². The Balaban J connectivity index is 1.53. The number of carbonyl (C=O) groups is 1. The predicted molar refractivity (Wildman–Crippen MR) is 163 cm³/mol. The molecule has 0 aromatic heterocycles. The van der Waals surface area contributed by atoms with Crippen molar-refractivity contribution in [3.8, 4) is 17.2 Å². The maximum atomic E-state index is 14.1. The number of fused-ring (bicyclic) bond motifs is 1. The number of rotatable bonds is 9. The normalized spacial score (nSPS) is 21.2. The minimum Gasteiger partial charge on any atom is -0.497 e. The molecule has 1 aliphatic heterocycles. The third-order valence-electron chi connectivity index (χ3n) is 8.82. The number of hydrogen-bond donors (Lipinski definition) is 0. The Morgan fingerprint density at radius 2 is 1.61 bits per heavy atom. The Bertz CT molecular complexity index is 1780. The molecule has 1 heterocycles. The van der Waals surface area contributed by atoms with Gasteiger partial charge in [0.15, 0.2) is 23.0 Å². The third kappa shape index (κ3) is 4.64. The molecule has 44 heavy (non-hydrogen) atoms. The maximum absolute atomic E-state index is 14.1. The van der Waals surface area contributed by atoms with Gasteiger partial charge in [-0.3, -0.25) is 4.79 Å². The van der Waals surface area contributed by atoms with Crippen LogP contribution in [0.1, 0.15) is 28.7 Å². The van der Waals surface area contributed by atoms with Crippen molar-refractivity contribution in [2.45, 2.75) is 42.7 Å². The first-order chi connectivity index (χ1) is 21.2. The molecule has 6 rings (SSSR count). The number of Topliss-reactive ketones (excluding diaryl/α,β-unsaturated/α-hetero) is 1. The highest BCUT2D eigenvalue weighted by Gasteiger charge is 2.58. The van der Waals surface area contributed by atoms with Crippen molar-refractivity contribution in [1.29, 1.82) is 0 Å². The SMILES string of the molecule is COC1=C[C@]23CCN(S(=O)(=O)c4ccc(C)cc4)[C@H](Cc4ccc(OC)c(OCc5ccc(OC)cc5)c42)C3=C(OC)C1=O. The van der Waals surface area contributed by atoms with Crippen LogP contribution < -0.4 is 14.2 Å². The molecule has 9 nitrogen and oxygen atoms in total. The minimum absolute atomic E-state index is 0.0905. The van der Waals surface area contributed by atoms with Crippen LogP contribution in [0, 0.1) is 6.92 Å². The molecular formula is C34H35NO8S. The average Bonchev–Trinajstić information content (AvgIpc) is 3.03. The summed E-state index contributed by atoms with van der Waals surface area (Å²) in [5.41, 5.74) is 3.25. The van der Waals surface area contributed by atoms with Gasteiger partial charge >= 0.3 is 0 Å². The zero-order valence-electron chi connectivity index (χ0n) is 25.4. The molecule has 2 atom stereocenters. The van der Waals surface area contributed by atoms with Gasteiger partial charge in [0.2, 0.25) is 10.0 Å². The molecule has 2 aliphatic carbocycles. The number of ether oxygens (including phenoxy) is 5. The molecule has 0 radical (unpaired) electrons. The van der Waals surface area contributed by atoms with Crippen LogP contribution >= 0.6 is 0 Å². The number of nitrogens with zero attached hydrogens (tertiary/aromatic N) is 1. The second-order valence-electron chi connectivity index (χ2n) is 11.1. The quantitative estimate of drug-likeness (QED) is 0.336. The Morgan fingerprint density at radius 1 is 0.886 bits per heavy atom. The Labute approximate surface area is 257 Å². The highest BCUT2D eigenvalue weighted by atomic mass is 32.2. The molecule has 2 bridgehead atoms. The molecule has 10 heteroatoms. The molecule has 3 aromatic carbocycles. The first-order valence-corrected chi connectivity index (χ1v) is 15.8. The summed E-state index contributed by atoms with van der Waals surface area (Å²) >= 11 is 0. The number of aryl methyl sites for hydroxylation is 1. The lowest BCUT2D eigenvalue weighted by molar-refractivity contribution is -0.118. The van der Waals surface area contributed by atoms with E-state index >= 15 is 0 Å². The van der Waals surface area contributed by atoms with Crippen LogP contribution in [0.3, 0.4) is 0 Å². The van der Waals surface area contributed by atoms with Gasteiger partial charge in [-0.1, -0.05) is 35.9 Å². The van der Waals surface area contributed by atoms with Crippen molar-refractivity contribution in [3.05, 3.63) is 106 Å². The Hall–Kier alpha value is -4.28. The zero-order valence-corrected chi connectivity index (χ0v) is 26.2. The van der Waals surface area contributed by atoms with Gasteiger partial charge in [0.1, 0.15) is 12.4 Å². The van der Waals surface area contributed by atoms with E-state index in [9.17, 15) is 13.2 Å². The average molecular weight is 618 g/mol. The smallest absolute Gasteiger partial charge is 0.261 e. The first kappa shape index (κ1) is 29.8. The lowest BCUT2D eigenvalue weighted by Gasteiger charge is -2.53. The fraction of sp³-hybridized carbons (Fsp3) is 0.324. The molecule has 0 unspecified atom stereocenters. The molecular weight excluding hydrogens is 582 g/mol. The van der Waals surface area contributed by atoms with Gasteiger partial charge in [0.25, 0.3) is 5.78 Å². The third-order valence-corrected chi connectivity index (χ3v) is 10.7. The standard InChI is InChI=1S/C34H35NO8S/c1-21-6-13-25(14-7-21)44(37,38)35-17-16-34-19-28(41-4)31(36)33(42-5)30(34)26(35)18-23-10-15-27(40-3)32(29(23)34)43-20-22-8-11-24(39-2)12-9-22/h6-15,19,26H,16-18,20H2,1-5H3/t26-,34-/m1/s1. The van der Waals surface area contributed by atoms with Crippen LogP contribution in [-0.2, 0) is 42.7 Å². The number of hydrogen-bond acceptors (Lipinski definition) is 8. The minimum atomic E-state index is -3.92. The molecule has 3 aromatic rings. The van der Waals surface area contributed by atoms with E-state index in [1.54, 1.807) is 38.5 Å². The number of benzene rings is 3. The highest BCUT2D eigenvalue weighted by molar-refractivity contribution is 7.89. The van der Waals surface area contributed by atoms with Crippen LogP contribution in [0.2, 0.25) is 0 Å². The van der Waals surface area contributed by atoms with Crippen molar-refractivity contribution in [2.24, 2.45) is 0 Å². The maximum Gasteiger partial charge on any atom is 0.261 e. The second-order valence-corrected chi connectivity index (χ2v) is 13.0. The number of sulfonamides is 1. The topological polar surface area (TPSA) is 101 Å². The summed E-state index contributed by atoms with van der Waals surface area (Å²) in [4.78, 5) is 13.8. The number of methoxy groups -OCH3 is 4. The Kier molecular flexibility index (Phi) is 7.67. The van der Waals surface area contributed by atoms with Crippen LogP contribution in [-0.4, -0.2) is 59.5 Å². The molecule has 0 N–H and O–H groups in total. The summed E-state index contributed by atoms with van der Waals surface area (Å²) in [6, 6.07) is 17.5. The Morgan fingerprint density at radius 3 is 2.25 bits per heavy atom. The molecule has 0 saturated carbocycles. The van der Waals surface area contributed by atoms with Crippen LogP contribution in [0.15, 0.2) is 88.7 Å². The fourth-order valence-electron chi connectivity index (χ4n) is 6.72. The van der Waals surface area contributed by atoms with E-state index in [1.165, 1.54) is 18.5 Å². The number of piperidine rings is 1. The monoisotopic (exact) mass is 617 g/mol. The van der Waals surface area contributed by atoms with Crippen molar-refractivity contribution in [3.63, 3.8) is 0 Å². The van der Waals surface area contributed by atoms with E-state index in [2.05, 4.69) is 0 Å². The first-order valence-electron chi connectivity index (χ1n) is 14.3. The molecule has 1 saturated heterocycles. The molecule has 230 valence electrons. The van der Waals surface area contributed by atoms with Crippen molar-refractivity contribution >= 4 is 15.8 Å². The number of ketones is 1. The van der Waals surface area contributed by atoms with Gasteiger partial charge < -0.3 is 23.7 Å². The summed E-state index contributed by atoms with van der Waals surface area (Å²) in [7, 11) is 2.17. The predicted octanol–water partition coefficient (Wildman–Crippen LogP) is 4.86. The zero-order chi connectivity index (χ0) is 31.2. The molecule has 0 spiro atoms. The van der Waals surface area contributed by atoms with E-state index in [4.69, 9.17) is 23.7 Å². The van der Waals surface area contributed by atoms with E-state index in [-0.39, 0.29) is 29.6 Å². The van der Waals surface area contributed by atoms with Crippen LogP contribution in [0.5, 0.6) is 17.2 Å². The second kappa shape index (κ2) is 11.3. The number of carbonyl (C=O) groups excluding carboxylic acids is 1. The molecule has 0 amide bonds. The van der Waals surface area contributed by atoms with Crippen LogP contribution in [0.25, 0.3) is 0 Å². The lowest BCUT2D eigenvalue weighted by Crippen LogP contribution is -2.58. The summed E-state index contributed by atoms with van der Waals surface area (Å²) in [6.45, 7) is 2.37. The molecule has 3 aliphatic rings. The number of allylic oxidation sites excluding steroid dienone is 1. The van der Waals surface area contributed by atoms with Gasteiger partial charge in [0, 0.05) is 23.1 Å². The van der Waals surface area contributed by atoms with Gasteiger partial charge in [-0.15, -0.1) is 0 Å². The van der Waals surface area contributed by atoms with Crippen molar-refractivity contribution in [1.82, 2.24) is 4.31 Å². The van der Waals surface area contributed by atoms with Gasteiger partial charge in [-0.25, -0.2) is 8.42 Å². The largest absolute Gasteiger partial charge is 0.497 e. The van der Waals surface area contributed by atoms with Gasteiger partial charge in [-0.2, -0.15) is 4.31 Å². The van der Waals surface area contributed by atoms with Gasteiger partial charge in [0.05, 0.1) is 39.4 Å². The van der Waals surface area contributed by atoms with Crippen molar-refractivity contribution < 1.29 is 36.9 Å². The molecule has 1 fully saturated rings. The van der Waals surface area contributed by atoms with Crippen LogP contribution in [0.4, 0.5) is 0 Å². The highest BCUT2D eigenvalue weighted by Crippen LogP contribution is 2.58. The van der Waals surface area contributed by atoms with Gasteiger partial charge in [-0.05, 0) is 67.3 Å².